The maximum absolute atomic E-state index is 12.8. The number of aromatic nitrogens is 2. The fraction of sp³-hybridized carbons (Fsp3) is 0.161. The standard InChI is InChI=1S/C31H30N4O2/c1-34(30-9-5-6-20-32-30)26-15-13-25(14-16-26)33-31(36)19-12-24-22-35(29-8-4-3-7-28(24)29)21-23-10-17-27(37-2)18-11-23/h3-11,13-18,20,22H,12,19,21H2,1-2H3,(H,33,36). The Morgan fingerprint density at radius 3 is 2.43 bits per heavy atom. The second kappa shape index (κ2) is 11.0. The van der Waals surface area contributed by atoms with E-state index in [-0.39, 0.29) is 5.91 Å². The van der Waals surface area contributed by atoms with Gasteiger partial charge in [0, 0.05) is 54.7 Å². The number of hydrogen-bond acceptors (Lipinski definition) is 4. The van der Waals surface area contributed by atoms with Crippen molar-refractivity contribution in [3.8, 4) is 5.75 Å². The number of benzene rings is 3. The number of fused-ring (bicyclic) bond motifs is 1. The van der Waals surface area contributed by atoms with Gasteiger partial charge in [0.2, 0.25) is 5.91 Å². The third-order valence-electron chi connectivity index (χ3n) is 6.54. The number of hydrogen-bond donors (Lipinski definition) is 1. The lowest BCUT2D eigenvalue weighted by atomic mass is 10.1. The summed E-state index contributed by atoms with van der Waals surface area (Å²) >= 11 is 0. The molecule has 5 aromatic rings. The highest BCUT2D eigenvalue weighted by Crippen LogP contribution is 2.25. The summed E-state index contributed by atoms with van der Waals surface area (Å²) in [5.41, 5.74) is 5.32. The lowest BCUT2D eigenvalue weighted by molar-refractivity contribution is -0.116. The summed E-state index contributed by atoms with van der Waals surface area (Å²) < 4.78 is 7.53. The fourth-order valence-corrected chi connectivity index (χ4v) is 4.50. The van der Waals surface area contributed by atoms with Crippen LogP contribution in [0.15, 0.2) is 103 Å². The third kappa shape index (κ3) is 5.64. The van der Waals surface area contributed by atoms with Crippen LogP contribution in [0, 0.1) is 0 Å². The number of methoxy groups -OCH3 is 1. The van der Waals surface area contributed by atoms with Crippen molar-refractivity contribution in [2.24, 2.45) is 0 Å². The largest absolute Gasteiger partial charge is 0.497 e. The quantitative estimate of drug-likeness (QED) is 0.259. The minimum absolute atomic E-state index is 0.00202. The number of nitrogens with one attached hydrogen (secondary N) is 1. The molecule has 0 atom stereocenters. The number of carbonyl (C=O) groups excluding carboxylic acids is 1. The molecule has 6 nitrogen and oxygen atoms in total. The van der Waals surface area contributed by atoms with Gasteiger partial charge in [0.25, 0.3) is 0 Å². The number of nitrogens with zero attached hydrogens (tertiary/aromatic N) is 3. The van der Waals surface area contributed by atoms with Crippen molar-refractivity contribution < 1.29 is 9.53 Å². The first kappa shape index (κ1) is 24.1. The Bertz CT molecular complexity index is 1480. The van der Waals surface area contributed by atoms with E-state index in [4.69, 9.17) is 4.74 Å². The zero-order valence-corrected chi connectivity index (χ0v) is 21.1. The summed E-state index contributed by atoms with van der Waals surface area (Å²) in [6.45, 7) is 0.760. The van der Waals surface area contributed by atoms with Crippen LogP contribution in [0.25, 0.3) is 10.9 Å². The van der Waals surface area contributed by atoms with Gasteiger partial charge in [-0.15, -0.1) is 0 Å². The van der Waals surface area contributed by atoms with Gasteiger partial charge in [-0.05, 0) is 72.1 Å². The fourth-order valence-electron chi connectivity index (χ4n) is 4.50. The minimum Gasteiger partial charge on any atom is -0.497 e. The monoisotopic (exact) mass is 490 g/mol. The molecule has 0 aliphatic heterocycles. The molecule has 1 amide bonds. The Morgan fingerprint density at radius 2 is 1.70 bits per heavy atom. The molecule has 2 aromatic heterocycles. The van der Waals surface area contributed by atoms with Crippen LogP contribution in [0.2, 0.25) is 0 Å². The van der Waals surface area contributed by atoms with Crippen LogP contribution in [-0.4, -0.2) is 29.6 Å². The molecule has 0 saturated heterocycles. The topological polar surface area (TPSA) is 59.4 Å². The first-order chi connectivity index (χ1) is 18.1. The zero-order valence-electron chi connectivity index (χ0n) is 21.1. The summed E-state index contributed by atoms with van der Waals surface area (Å²) in [7, 11) is 3.65. The van der Waals surface area contributed by atoms with Crippen LogP contribution in [0.1, 0.15) is 17.5 Å². The van der Waals surface area contributed by atoms with Gasteiger partial charge in [-0.1, -0.05) is 36.4 Å². The predicted octanol–water partition coefficient (Wildman–Crippen LogP) is 6.43. The first-order valence-corrected chi connectivity index (χ1v) is 12.3. The number of para-hydroxylation sites is 1. The van der Waals surface area contributed by atoms with Gasteiger partial charge in [-0.2, -0.15) is 0 Å². The Morgan fingerprint density at radius 1 is 0.946 bits per heavy atom. The Kier molecular flexibility index (Phi) is 7.17. The maximum Gasteiger partial charge on any atom is 0.224 e. The molecule has 0 aliphatic rings. The number of aryl methyl sites for hydroxylation is 1. The molecule has 5 rings (SSSR count). The van der Waals surface area contributed by atoms with E-state index in [1.54, 1.807) is 13.3 Å². The SMILES string of the molecule is COc1ccc(Cn2cc(CCC(=O)Nc3ccc(N(C)c4ccccn4)cc3)c3ccccc32)cc1. The van der Waals surface area contributed by atoms with E-state index in [0.717, 1.165) is 29.5 Å². The lowest BCUT2D eigenvalue weighted by Gasteiger charge is -2.18. The van der Waals surface area contributed by atoms with Gasteiger partial charge in [0.1, 0.15) is 11.6 Å². The highest BCUT2D eigenvalue weighted by Gasteiger charge is 2.12. The van der Waals surface area contributed by atoms with Crippen LogP contribution < -0.4 is 15.0 Å². The molecular formula is C31H30N4O2. The summed E-state index contributed by atoms with van der Waals surface area (Å²) in [6, 6.07) is 30.1. The molecule has 3 aromatic carbocycles. The molecule has 6 heteroatoms. The highest BCUT2D eigenvalue weighted by atomic mass is 16.5. The molecule has 37 heavy (non-hydrogen) atoms. The molecule has 186 valence electrons. The van der Waals surface area contributed by atoms with Gasteiger partial charge in [-0.3, -0.25) is 4.79 Å². The molecule has 0 saturated carbocycles. The van der Waals surface area contributed by atoms with Crippen molar-refractivity contribution >= 4 is 34.0 Å². The predicted molar refractivity (Wildman–Crippen MR) is 150 cm³/mol. The van der Waals surface area contributed by atoms with Crippen LogP contribution >= 0.6 is 0 Å². The Labute approximate surface area is 217 Å². The molecular weight excluding hydrogens is 460 g/mol. The lowest BCUT2D eigenvalue weighted by Crippen LogP contribution is -2.13. The van der Waals surface area contributed by atoms with Crippen molar-refractivity contribution in [1.82, 2.24) is 9.55 Å². The van der Waals surface area contributed by atoms with E-state index < -0.39 is 0 Å². The van der Waals surface area contributed by atoms with Crippen LogP contribution in [0.5, 0.6) is 5.75 Å². The molecule has 2 heterocycles. The van der Waals surface area contributed by atoms with Gasteiger partial charge >= 0.3 is 0 Å². The normalized spacial score (nSPS) is 10.9. The van der Waals surface area contributed by atoms with Crippen molar-refractivity contribution in [3.05, 3.63) is 115 Å². The maximum atomic E-state index is 12.8. The van der Waals surface area contributed by atoms with Crippen molar-refractivity contribution in [3.63, 3.8) is 0 Å². The smallest absolute Gasteiger partial charge is 0.224 e. The van der Waals surface area contributed by atoms with E-state index >= 15 is 0 Å². The summed E-state index contributed by atoms with van der Waals surface area (Å²) in [5.74, 6) is 1.71. The minimum atomic E-state index is -0.00202. The Balaban J connectivity index is 1.23. The van der Waals surface area contributed by atoms with Crippen LogP contribution in [0.3, 0.4) is 0 Å². The average Bonchev–Trinajstić information content (AvgIpc) is 3.30. The van der Waals surface area contributed by atoms with Crippen molar-refractivity contribution in [2.45, 2.75) is 19.4 Å². The van der Waals surface area contributed by atoms with Gasteiger partial charge in [-0.25, -0.2) is 4.98 Å². The van der Waals surface area contributed by atoms with E-state index in [1.165, 1.54) is 22.0 Å². The van der Waals surface area contributed by atoms with Gasteiger partial charge in [0.05, 0.1) is 7.11 Å². The Hall–Kier alpha value is -4.58. The molecule has 1 N–H and O–H groups in total. The van der Waals surface area contributed by atoms with Crippen LogP contribution in [-0.2, 0) is 17.8 Å². The van der Waals surface area contributed by atoms with E-state index in [0.29, 0.717) is 12.8 Å². The first-order valence-electron chi connectivity index (χ1n) is 12.3. The second-order valence-corrected chi connectivity index (χ2v) is 8.99. The summed E-state index contributed by atoms with van der Waals surface area (Å²) in [4.78, 5) is 19.2. The van der Waals surface area contributed by atoms with Gasteiger partial charge < -0.3 is 19.5 Å². The number of pyridine rings is 1. The van der Waals surface area contributed by atoms with Gasteiger partial charge in [0.15, 0.2) is 0 Å². The van der Waals surface area contributed by atoms with E-state index in [2.05, 4.69) is 51.4 Å². The van der Waals surface area contributed by atoms with Crippen molar-refractivity contribution in [2.75, 3.05) is 24.4 Å². The number of amides is 1. The third-order valence-corrected chi connectivity index (χ3v) is 6.54. The summed E-state index contributed by atoms with van der Waals surface area (Å²) in [6.07, 6.45) is 5.02. The molecule has 0 radical (unpaired) electrons. The average molecular weight is 491 g/mol. The molecule has 0 bridgehead atoms. The number of rotatable bonds is 9. The molecule has 0 spiro atoms. The van der Waals surface area contributed by atoms with E-state index in [9.17, 15) is 4.79 Å². The number of carbonyl (C=O) groups is 1. The van der Waals surface area contributed by atoms with E-state index in [1.807, 2.05) is 72.6 Å². The molecule has 0 aliphatic carbocycles. The summed E-state index contributed by atoms with van der Waals surface area (Å²) in [5, 5.41) is 4.22. The zero-order chi connectivity index (χ0) is 25.6. The highest BCUT2D eigenvalue weighted by molar-refractivity contribution is 5.92. The molecule has 0 fully saturated rings. The second-order valence-electron chi connectivity index (χ2n) is 8.99. The van der Waals surface area contributed by atoms with Crippen molar-refractivity contribution in [1.29, 1.82) is 0 Å². The van der Waals surface area contributed by atoms with Crippen LogP contribution in [0.4, 0.5) is 17.2 Å². The number of ether oxygens (including phenoxy) is 1. The molecule has 0 unspecified atom stereocenters. The number of anilines is 3.